The predicted octanol–water partition coefficient (Wildman–Crippen LogP) is 6.85. The number of rotatable bonds is 9. The van der Waals surface area contributed by atoms with E-state index in [1.165, 1.54) is 32.1 Å². The second-order valence-electron chi connectivity index (χ2n) is 8.04. The van der Waals surface area contributed by atoms with E-state index in [0.717, 1.165) is 42.3 Å². The quantitative estimate of drug-likeness (QED) is 0.360. The summed E-state index contributed by atoms with van der Waals surface area (Å²) in [5.41, 5.74) is 1.92. The van der Waals surface area contributed by atoms with E-state index in [2.05, 4.69) is 31.7 Å². The van der Waals surface area contributed by atoms with Gasteiger partial charge in [0, 0.05) is 11.3 Å². The summed E-state index contributed by atoms with van der Waals surface area (Å²) in [6.07, 6.45) is 12.3. The minimum Gasteiger partial charge on any atom is -0.299 e. The zero-order valence-electron chi connectivity index (χ0n) is 16.7. The molecule has 2 heteroatoms. The second-order valence-corrected chi connectivity index (χ2v) is 8.04. The average molecular weight is 364 g/mol. The first-order valence-corrected chi connectivity index (χ1v) is 10.8. The number of unbranched alkanes of at least 4 members (excludes halogenated alkanes) is 2. The van der Waals surface area contributed by atoms with E-state index in [9.17, 15) is 4.79 Å². The molecule has 27 heavy (non-hydrogen) atoms. The Hall–Kier alpha value is -1.96. The second kappa shape index (κ2) is 9.82. The van der Waals surface area contributed by atoms with Gasteiger partial charge in [0.1, 0.15) is 5.78 Å². The molecule has 0 N–H and O–H groups in total. The number of nitrogens with zero attached hydrogens (tertiary/aromatic N) is 1. The molecule has 0 spiro atoms. The van der Waals surface area contributed by atoms with Gasteiger partial charge in [0.2, 0.25) is 0 Å². The zero-order chi connectivity index (χ0) is 19.1. The summed E-state index contributed by atoms with van der Waals surface area (Å²) in [5, 5.41) is 1.13. The minimum absolute atomic E-state index is 0.146. The Kier molecular flexibility index (Phi) is 7.20. The summed E-state index contributed by atoms with van der Waals surface area (Å²) in [7, 11) is 0. The van der Waals surface area contributed by atoms with Crippen LogP contribution >= 0.6 is 0 Å². The molecule has 0 amide bonds. The van der Waals surface area contributed by atoms with Crippen LogP contribution < -0.4 is 0 Å². The number of carbonyl (C=O) groups is 1. The van der Waals surface area contributed by atoms with Crippen molar-refractivity contribution in [2.75, 3.05) is 0 Å². The lowest BCUT2D eigenvalue weighted by Crippen LogP contribution is -2.29. The van der Waals surface area contributed by atoms with Crippen molar-refractivity contribution in [1.29, 1.82) is 0 Å². The molecule has 1 fully saturated rings. The fourth-order valence-electron chi connectivity index (χ4n) is 4.52. The van der Waals surface area contributed by atoms with Gasteiger partial charge in [-0.1, -0.05) is 75.8 Å². The Morgan fingerprint density at radius 2 is 1.93 bits per heavy atom. The SMILES string of the molecule is C=C[C@H](CCCCC)[C@H](C(=O)C1CCCCC1)c1ccc2ccccc2n1. The van der Waals surface area contributed by atoms with Crippen LogP contribution in [-0.4, -0.2) is 10.8 Å². The molecule has 1 aliphatic carbocycles. The number of fused-ring (bicyclic) bond motifs is 1. The van der Waals surface area contributed by atoms with Crippen LogP contribution in [0.5, 0.6) is 0 Å². The first kappa shape index (κ1) is 19.8. The normalized spacial score (nSPS) is 17.5. The molecule has 0 saturated heterocycles. The van der Waals surface area contributed by atoms with E-state index in [4.69, 9.17) is 4.98 Å². The molecule has 0 unspecified atom stereocenters. The maximum absolute atomic E-state index is 13.6. The summed E-state index contributed by atoms with van der Waals surface area (Å²) in [5.74, 6) is 0.635. The minimum atomic E-state index is -0.146. The van der Waals surface area contributed by atoms with Gasteiger partial charge in [-0.05, 0) is 37.3 Å². The first-order valence-electron chi connectivity index (χ1n) is 10.8. The standard InChI is InChI=1S/C25H33NO/c1-3-5-7-12-19(4-2)24(25(27)21-14-8-6-9-15-21)23-18-17-20-13-10-11-16-22(20)26-23/h4,10-11,13,16-19,21,24H,2-3,5-9,12,14-15H2,1H3/t19-,24+/m1/s1. The lowest BCUT2D eigenvalue weighted by molar-refractivity contribution is -0.126. The number of para-hydroxylation sites is 1. The fraction of sp³-hybridized carbons (Fsp3) is 0.520. The van der Waals surface area contributed by atoms with Crippen molar-refractivity contribution >= 4 is 16.7 Å². The van der Waals surface area contributed by atoms with E-state index in [1.54, 1.807) is 0 Å². The lowest BCUT2D eigenvalue weighted by atomic mass is 9.74. The van der Waals surface area contributed by atoms with Crippen molar-refractivity contribution < 1.29 is 4.79 Å². The van der Waals surface area contributed by atoms with Gasteiger partial charge in [-0.25, -0.2) is 0 Å². The maximum atomic E-state index is 13.6. The number of aromatic nitrogens is 1. The van der Waals surface area contributed by atoms with Crippen molar-refractivity contribution in [3.63, 3.8) is 0 Å². The van der Waals surface area contributed by atoms with E-state index >= 15 is 0 Å². The van der Waals surface area contributed by atoms with Crippen LogP contribution in [0, 0.1) is 11.8 Å². The van der Waals surface area contributed by atoms with Gasteiger partial charge in [0.05, 0.1) is 17.1 Å². The highest BCUT2D eigenvalue weighted by Crippen LogP contribution is 2.36. The third-order valence-electron chi connectivity index (χ3n) is 6.12. The molecule has 2 atom stereocenters. The van der Waals surface area contributed by atoms with Gasteiger partial charge in [-0.3, -0.25) is 9.78 Å². The van der Waals surface area contributed by atoms with Crippen molar-refractivity contribution in [2.45, 2.75) is 70.6 Å². The van der Waals surface area contributed by atoms with Crippen molar-refractivity contribution in [3.05, 3.63) is 54.7 Å². The van der Waals surface area contributed by atoms with Gasteiger partial charge in [0.25, 0.3) is 0 Å². The Labute approximate surface area is 164 Å². The fourth-order valence-corrected chi connectivity index (χ4v) is 4.52. The monoisotopic (exact) mass is 363 g/mol. The Balaban J connectivity index is 1.93. The van der Waals surface area contributed by atoms with E-state index < -0.39 is 0 Å². The molecule has 3 rings (SSSR count). The predicted molar refractivity (Wildman–Crippen MR) is 114 cm³/mol. The molecular formula is C25H33NO. The van der Waals surface area contributed by atoms with Crippen LogP contribution in [0.1, 0.15) is 76.3 Å². The molecular weight excluding hydrogens is 330 g/mol. The molecule has 0 radical (unpaired) electrons. The molecule has 1 aromatic carbocycles. The van der Waals surface area contributed by atoms with Gasteiger partial charge >= 0.3 is 0 Å². The summed E-state index contributed by atoms with van der Waals surface area (Å²) < 4.78 is 0. The third kappa shape index (κ3) is 4.86. The summed E-state index contributed by atoms with van der Waals surface area (Å²) in [6.45, 7) is 6.32. The molecule has 1 heterocycles. The van der Waals surface area contributed by atoms with Crippen LogP contribution in [0.25, 0.3) is 10.9 Å². The highest BCUT2D eigenvalue weighted by Gasteiger charge is 2.34. The van der Waals surface area contributed by atoms with Crippen LogP contribution in [0.4, 0.5) is 0 Å². The average Bonchev–Trinajstić information content (AvgIpc) is 2.73. The Morgan fingerprint density at radius 3 is 2.67 bits per heavy atom. The number of Topliss-reactive ketones (excluding diaryl/α,β-unsaturated/α-hetero) is 1. The smallest absolute Gasteiger partial charge is 0.145 e. The van der Waals surface area contributed by atoms with Gasteiger partial charge in [-0.2, -0.15) is 0 Å². The number of benzene rings is 1. The van der Waals surface area contributed by atoms with Crippen molar-refractivity contribution in [3.8, 4) is 0 Å². The van der Waals surface area contributed by atoms with E-state index in [-0.39, 0.29) is 17.8 Å². The molecule has 1 aromatic heterocycles. The summed E-state index contributed by atoms with van der Waals surface area (Å²) in [4.78, 5) is 18.5. The third-order valence-corrected chi connectivity index (χ3v) is 6.12. The Bertz CT molecular complexity index is 760. The number of hydrogen-bond donors (Lipinski definition) is 0. The van der Waals surface area contributed by atoms with Gasteiger partial charge in [0.15, 0.2) is 0 Å². The van der Waals surface area contributed by atoms with Crippen molar-refractivity contribution in [1.82, 2.24) is 4.98 Å². The topological polar surface area (TPSA) is 30.0 Å². The van der Waals surface area contributed by atoms with Crippen LogP contribution in [0.3, 0.4) is 0 Å². The highest BCUT2D eigenvalue weighted by atomic mass is 16.1. The number of pyridine rings is 1. The maximum Gasteiger partial charge on any atom is 0.145 e. The zero-order valence-corrected chi connectivity index (χ0v) is 16.7. The number of carbonyl (C=O) groups excluding carboxylic acids is 1. The molecule has 1 saturated carbocycles. The molecule has 2 aromatic rings. The lowest BCUT2D eigenvalue weighted by Gasteiger charge is -2.29. The number of ketones is 1. The largest absolute Gasteiger partial charge is 0.299 e. The molecule has 144 valence electrons. The highest BCUT2D eigenvalue weighted by molar-refractivity contribution is 5.89. The first-order chi connectivity index (χ1) is 13.2. The number of hydrogen-bond acceptors (Lipinski definition) is 2. The van der Waals surface area contributed by atoms with Gasteiger partial charge in [-0.15, -0.1) is 6.58 Å². The molecule has 2 nitrogen and oxygen atoms in total. The molecule has 0 bridgehead atoms. The van der Waals surface area contributed by atoms with Crippen LogP contribution in [0.15, 0.2) is 49.1 Å². The summed E-state index contributed by atoms with van der Waals surface area (Å²) >= 11 is 0. The van der Waals surface area contributed by atoms with Gasteiger partial charge < -0.3 is 0 Å². The van der Waals surface area contributed by atoms with Crippen LogP contribution in [-0.2, 0) is 4.79 Å². The Morgan fingerprint density at radius 1 is 1.15 bits per heavy atom. The number of allylic oxidation sites excluding steroid dienone is 1. The summed E-state index contributed by atoms with van der Waals surface area (Å²) in [6, 6.07) is 12.4. The van der Waals surface area contributed by atoms with E-state index in [1.807, 2.05) is 24.3 Å². The molecule has 0 aliphatic heterocycles. The van der Waals surface area contributed by atoms with E-state index in [0.29, 0.717) is 5.78 Å². The van der Waals surface area contributed by atoms with Crippen molar-refractivity contribution in [2.24, 2.45) is 11.8 Å². The van der Waals surface area contributed by atoms with Crippen LogP contribution in [0.2, 0.25) is 0 Å². The molecule has 1 aliphatic rings.